The smallest absolute Gasteiger partial charge is 0.336 e. The van der Waals surface area contributed by atoms with Crippen LogP contribution in [0.2, 0.25) is 0 Å². The third-order valence-electron chi connectivity index (χ3n) is 1.56. The zero-order valence-corrected chi connectivity index (χ0v) is 5.92. The van der Waals surface area contributed by atoms with Crippen LogP contribution < -0.4 is 0 Å². The lowest BCUT2D eigenvalue weighted by Crippen LogP contribution is -2.51. The van der Waals surface area contributed by atoms with E-state index in [0.29, 0.717) is 0 Å². The molecular formula is C5H6F6O. The third-order valence-corrected chi connectivity index (χ3v) is 1.56. The van der Waals surface area contributed by atoms with E-state index >= 15 is 0 Å². The largest absolute Gasteiger partial charge is 0.405 e. The highest BCUT2D eigenvalue weighted by molar-refractivity contribution is 4.88. The molecule has 1 unspecified atom stereocenters. The minimum Gasteiger partial charge on any atom is -0.336 e. The lowest BCUT2D eigenvalue weighted by molar-refractivity contribution is -0.365. The molecule has 7 heteroatoms. The van der Waals surface area contributed by atoms with Crippen LogP contribution >= 0.6 is 0 Å². The normalized spacial score (nSPS) is 19.0. The number of aliphatic hydroxyl groups is 1. The standard InChI is InChI=1S/C5H6F6O/c1-3(2-6,4(7,8)9)5(10,11)12/h12H,2H2,1H3. The second-order valence-electron chi connectivity index (χ2n) is 2.50. The predicted molar refractivity (Wildman–Crippen MR) is 27.3 cm³/mol. The van der Waals surface area contributed by atoms with Gasteiger partial charge in [0.05, 0.1) is 0 Å². The maximum atomic E-state index is 11.9. The molecule has 1 N–H and O–H groups in total. The van der Waals surface area contributed by atoms with Crippen molar-refractivity contribution in [3.05, 3.63) is 0 Å². The van der Waals surface area contributed by atoms with Gasteiger partial charge in [-0.1, -0.05) is 0 Å². The van der Waals surface area contributed by atoms with E-state index in [-0.39, 0.29) is 6.92 Å². The van der Waals surface area contributed by atoms with Gasteiger partial charge in [0.1, 0.15) is 6.67 Å². The summed E-state index contributed by atoms with van der Waals surface area (Å²) in [6.07, 6.45) is -10.6. The van der Waals surface area contributed by atoms with Gasteiger partial charge in [-0.15, -0.1) is 0 Å². The molecule has 1 atom stereocenters. The van der Waals surface area contributed by atoms with Gasteiger partial charge in [-0.25, -0.2) is 4.39 Å². The summed E-state index contributed by atoms with van der Waals surface area (Å²) in [4.78, 5) is 0. The Morgan fingerprint density at radius 1 is 1.08 bits per heavy atom. The van der Waals surface area contributed by atoms with Gasteiger partial charge in [0.25, 0.3) is 0 Å². The van der Waals surface area contributed by atoms with Gasteiger partial charge in [-0.05, 0) is 6.92 Å². The van der Waals surface area contributed by atoms with E-state index in [1.54, 1.807) is 0 Å². The minimum absolute atomic E-state index is 0.0903. The number of alkyl halides is 6. The molecule has 0 amide bonds. The van der Waals surface area contributed by atoms with Crippen LogP contribution in [0.5, 0.6) is 0 Å². The van der Waals surface area contributed by atoms with Crippen molar-refractivity contribution in [2.75, 3.05) is 6.67 Å². The van der Waals surface area contributed by atoms with Crippen LogP contribution in [0, 0.1) is 5.41 Å². The summed E-state index contributed by atoms with van der Waals surface area (Å²) < 4.78 is 70.6. The second-order valence-corrected chi connectivity index (χ2v) is 2.50. The van der Waals surface area contributed by atoms with Crippen LogP contribution in [0.1, 0.15) is 6.92 Å². The first kappa shape index (κ1) is 11.5. The Morgan fingerprint density at radius 2 is 1.42 bits per heavy atom. The third kappa shape index (κ3) is 1.65. The maximum Gasteiger partial charge on any atom is 0.405 e. The van der Waals surface area contributed by atoms with E-state index in [1.807, 2.05) is 0 Å². The highest BCUT2D eigenvalue weighted by atomic mass is 19.4. The molecule has 0 fully saturated rings. The van der Waals surface area contributed by atoms with Crippen molar-refractivity contribution in [2.24, 2.45) is 5.41 Å². The highest BCUT2D eigenvalue weighted by Gasteiger charge is 2.66. The summed E-state index contributed by atoms with van der Waals surface area (Å²) in [6, 6.07) is 0. The van der Waals surface area contributed by atoms with E-state index in [2.05, 4.69) is 0 Å². The van der Waals surface area contributed by atoms with Gasteiger partial charge in [0.15, 0.2) is 5.41 Å². The minimum atomic E-state index is -5.49. The quantitative estimate of drug-likeness (QED) is 0.670. The summed E-state index contributed by atoms with van der Waals surface area (Å²) in [5, 5.41) is 7.78. The molecule has 0 aliphatic heterocycles. The van der Waals surface area contributed by atoms with Gasteiger partial charge in [-0.3, -0.25) is 0 Å². The zero-order valence-electron chi connectivity index (χ0n) is 5.92. The molecule has 0 aliphatic rings. The Labute approximate surface area is 64.0 Å². The average Bonchev–Trinajstić information content (AvgIpc) is 1.81. The van der Waals surface area contributed by atoms with Gasteiger partial charge >= 0.3 is 12.3 Å². The van der Waals surface area contributed by atoms with E-state index in [4.69, 9.17) is 5.11 Å². The lowest BCUT2D eigenvalue weighted by Gasteiger charge is -2.32. The molecule has 0 saturated carbocycles. The van der Waals surface area contributed by atoms with Crippen molar-refractivity contribution in [3.63, 3.8) is 0 Å². The predicted octanol–water partition coefficient (Wildman–Crippen LogP) is 2.11. The molecule has 0 spiro atoms. The van der Waals surface area contributed by atoms with Gasteiger partial charge in [-0.2, -0.15) is 22.0 Å². The molecule has 74 valence electrons. The fourth-order valence-electron chi connectivity index (χ4n) is 0.327. The topological polar surface area (TPSA) is 20.2 Å². The molecule has 0 aromatic heterocycles. The molecule has 0 rings (SSSR count). The molecular weight excluding hydrogens is 190 g/mol. The summed E-state index contributed by atoms with van der Waals surface area (Å²) in [5.41, 5.74) is -4.03. The van der Waals surface area contributed by atoms with Crippen LogP contribution in [-0.4, -0.2) is 24.1 Å². The molecule has 0 heterocycles. The van der Waals surface area contributed by atoms with Crippen molar-refractivity contribution in [2.45, 2.75) is 19.2 Å². The second kappa shape index (κ2) is 2.79. The Hall–Kier alpha value is -0.460. The van der Waals surface area contributed by atoms with E-state index < -0.39 is 24.4 Å². The van der Waals surface area contributed by atoms with Crippen LogP contribution in [0.3, 0.4) is 0 Å². The maximum absolute atomic E-state index is 11.9. The fourth-order valence-corrected chi connectivity index (χ4v) is 0.327. The number of hydrogen-bond acceptors (Lipinski definition) is 1. The molecule has 12 heavy (non-hydrogen) atoms. The van der Waals surface area contributed by atoms with Gasteiger partial charge in [0, 0.05) is 0 Å². The van der Waals surface area contributed by atoms with Crippen LogP contribution in [-0.2, 0) is 0 Å². The van der Waals surface area contributed by atoms with Crippen molar-refractivity contribution in [1.82, 2.24) is 0 Å². The molecule has 0 bridgehead atoms. The van der Waals surface area contributed by atoms with E-state index in [9.17, 15) is 26.3 Å². The van der Waals surface area contributed by atoms with Crippen molar-refractivity contribution in [1.29, 1.82) is 0 Å². The summed E-state index contributed by atoms with van der Waals surface area (Å²) in [7, 11) is 0. The Balaban J connectivity index is 4.95. The Bertz CT molecular complexity index is 142. The van der Waals surface area contributed by atoms with Crippen LogP contribution in [0.25, 0.3) is 0 Å². The highest BCUT2D eigenvalue weighted by Crippen LogP contribution is 2.47. The molecule has 0 aromatic rings. The first-order valence-corrected chi connectivity index (χ1v) is 2.79. The average molecular weight is 196 g/mol. The van der Waals surface area contributed by atoms with Crippen LogP contribution in [0.15, 0.2) is 0 Å². The number of hydrogen-bond donors (Lipinski definition) is 1. The molecule has 1 nitrogen and oxygen atoms in total. The van der Waals surface area contributed by atoms with Crippen molar-refractivity contribution in [3.8, 4) is 0 Å². The Kier molecular flexibility index (Phi) is 2.68. The van der Waals surface area contributed by atoms with Crippen molar-refractivity contribution >= 4 is 0 Å². The van der Waals surface area contributed by atoms with Gasteiger partial charge in [0.2, 0.25) is 0 Å². The van der Waals surface area contributed by atoms with Gasteiger partial charge < -0.3 is 5.11 Å². The molecule has 0 aliphatic carbocycles. The monoisotopic (exact) mass is 196 g/mol. The van der Waals surface area contributed by atoms with Crippen molar-refractivity contribution < 1.29 is 31.4 Å². The molecule has 0 aromatic carbocycles. The van der Waals surface area contributed by atoms with E-state index in [1.165, 1.54) is 0 Å². The number of halogens is 6. The van der Waals surface area contributed by atoms with E-state index in [0.717, 1.165) is 0 Å². The summed E-state index contributed by atoms with van der Waals surface area (Å²) in [6.45, 7) is -2.47. The summed E-state index contributed by atoms with van der Waals surface area (Å²) >= 11 is 0. The lowest BCUT2D eigenvalue weighted by atomic mass is 9.90. The zero-order chi connectivity index (χ0) is 10.2. The first-order valence-electron chi connectivity index (χ1n) is 2.79. The fraction of sp³-hybridized carbons (Fsp3) is 1.00. The first-order chi connectivity index (χ1) is 5.06. The molecule has 0 radical (unpaired) electrons. The SMILES string of the molecule is CC(CF)(C(O)(F)F)C(F)(F)F. The number of rotatable bonds is 2. The van der Waals surface area contributed by atoms with Crippen LogP contribution in [0.4, 0.5) is 26.3 Å². The summed E-state index contributed by atoms with van der Waals surface area (Å²) in [5.74, 6) is 0. The Morgan fingerprint density at radius 3 is 1.42 bits per heavy atom. The molecule has 0 saturated heterocycles.